The number of carbonyl (C=O) groups excluding carboxylic acids is 3. The van der Waals surface area contributed by atoms with Crippen molar-refractivity contribution in [3.8, 4) is 0 Å². The number of hydrogen-bond donors (Lipinski definition) is 1. The molecule has 3 aromatic carbocycles. The second kappa shape index (κ2) is 10.8. The van der Waals surface area contributed by atoms with Crippen LogP contribution in [0.15, 0.2) is 78.9 Å². The van der Waals surface area contributed by atoms with Crippen LogP contribution in [0.5, 0.6) is 0 Å². The third-order valence-corrected chi connectivity index (χ3v) is 5.69. The molecule has 1 saturated heterocycles. The highest BCUT2D eigenvalue weighted by atomic mass is 16.5. The van der Waals surface area contributed by atoms with Crippen LogP contribution in [0.1, 0.15) is 26.3 Å². The van der Waals surface area contributed by atoms with E-state index in [1.165, 1.54) is 4.90 Å². The Balaban J connectivity index is 1.39. The number of nitrogens with zero attached hydrogens (tertiary/aromatic N) is 2. The van der Waals surface area contributed by atoms with Crippen LogP contribution in [-0.2, 0) is 9.53 Å². The lowest BCUT2D eigenvalue weighted by molar-refractivity contribution is -0.116. The molecule has 1 fully saturated rings. The van der Waals surface area contributed by atoms with E-state index in [9.17, 15) is 14.4 Å². The molecule has 3 aromatic rings. The van der Waals surface area contributed by atoms with Crippen molar-refractivity contribution in [3.05, 3.63) is 95.6 Å². The van der Waals surface area contributed by atoms with Gasteiger partial charge >= 0.3 is 0 Å². The molecule has 0 spiro atoms. The molecular formula is C27H27N3O4. The Labute approximate surface area is 198 Å². The number of rotatable bonds is 7. The summed E-state index contributed by atoms with van der Waals surface area (Å²) in [6.45, 7) is 2.95. The fourth-order valence-electron chi connectivity index (χ4n) is 3.88. The summed E-state index contributed by atoms with van der Waals surface area (Å²) in [5.41, 5.74) is 2.81. The lowest BCUT2D eigenvalue weighted by Crippen LogP contribution is -2.36. The zero-order chi connectivity index (χ0) is 23.9. The number of carbonyl (C=O) groups is 3. The van der Waals surface area contributed by atoms with Gasteiger partial charge in [0.25, 0.3) is 5.91 Å². The highest BCUT2D eigenvalue weighted by Crippen LogP contribution is 2.20. The summed E-state index contributed by atoms with van der Waals surface area (Å²) in [5.74, 6) is -0.942. The molecule has 0 radical (unpaired) electrons. The number of anilines is 2. The van der Waals surface area contributed by atoms with Crippen molar-refractivity contribution in [1.82, 2.24) is 4.90 Å². The van der Waals surface area contributed by atoms with Crippen molar-refractivity contribution in [2.24, 2.45) is 0 Å². The van der Waals surface area contributed by atoms with Gasteiger partial charge in [-0.3, -0.25) is 14.4 Å². The van der Waals surface area contributed by atoms with Crippen molar-refractivity contribution in [1.29, 1.82) is 0 Å². The Morgan fingerprint density at radius 2 is 1.47 bits per heavy atom. The van der Waals surface area contributed by atoms with Crippen LogP contribution in [0.25, 0.3) is 0 Å². The van der Waals surface area contributed by atoms with Crippen LogP contribution >= 0.6 is 0 Å². The van der Waals surface area contributed by atoms with Gasteiger partial charge in [0.1, 0.15) is 0 Å². The Morgan fingerprint density at radius 1 is 0.853 bits per heavy atom. The van der Waals surface area contributed by atoms with Gasteiger partial charge in [0.2, 0.25) is 5.91 Å². The molecule has 0 saturated carbocycles. The molecule has 7 heteroatoms. The second-order valence-corrected chi connectivity index (χ2v) is 8.10. The van der Waals surface area contributed by atoms with Crippen LogP contribution in [0.4, 0.5) is 11.4 Å². The summed E-state index contributed by atoms with van der Waals surface area (Å²) in [6.07, 6.45) is 0. The lowest BCUT2D eigenvalue weighted by atomic mass is 9.97. The first-order valence-corrected chi connectivity index (χ1v) is 11.2. The van der Waals surface area contributed by atoms with Gasteiger partial charge in [0.05, 0.1) is 25.3 Å². The fraction of sp³-hybridized carbons (Fsp3) is 0.222. The normalized spacial score (nSPS) is 13.3. The van der Waals surface area contributed by atoms with Gasteiger partial charge < -0.3 is 19.9 Å². The summed E-state index contributed by atoms with van der Waals surface area (Å²) in [5, 5.41) is 2.83. The number of amides is 2. The maximum absolute atomic E-state index is 13.1. The molecule has 2 amide bonds. The number of morpholine rings is 1. The second-order valence-electron chi connectivity index (χ2n) is 8.10. The molecule has 0 atom stereocenters. The zero-order valence-corrected chi connectivity index (χ0v) is 19.1. The first-order valence-electron chi connectivity index (χ1n) is 11.2. The van der Waals surface area contributed by atoms with Crippen molar-refractivity contribution >= 4 is 29.0 Å². The van der Waals surface area contributed by atoms with E-state index in [0.29, 0.717) is 30.0 Å². The SMILES string of the molecule is CN(CC(=O)Nc1ccc(N2CCOCC2)cc1)C(=O)c1ccccc1C(=O)c1ccccc1. The molecule has 7 nitrogen and oxygen atoms in total. The molecule has 1 aliphatic heterocycles. The monoisotopic (exact) mass is 457 g/mol. The standard InChI is InChI=1S/C27H27N3O4/c1-29(19-25(31)28-21-11-13-22(14-12-21)30-15-17-34-18-16-30)27(33)24-10-6-5-9-23(24)26(32)20-7-3-2-4-8-20/h2-14H,15-19H2,1H3,(H,28,31). The third-order valence-electron chi connectivity index (χ3n) is 5.69. The first kappa shape index (κ1) is 23.2. The summed E-state index contributed by atoms with van der Waals surface area (Å²) in [6, 6.07) is 23.1. The van der Waals surface area contributed by atoms with Crippen molar-refractivity contribution in [2.75, 3.05) is 50.1 Å². The minimum absolute atomic E-state index is 0.141. The molecule has 1 heterocycles. The summed E-state index contributed by atoms with van der Waals surface area (Å²) in [7, 11) is 1.55. The first-order chi connectivity index (χ1) is 16.5. The van der Waals surface area contributed by atoms with Crippen molar-refractivity contribution < 1.29 is 19.1 Å². The van der Waals surface area contributed by atoms with Crippen LogP contribution in [0, 0.1) is 0 Å². The summed E-state index contributed by atoms with van der Waals surface area (Å²) < 4.78 is 5.38. The molecule has 4 rings (SSSR count). The maximum atomic E-state index is 13.1. The minimum atomic E-state index is -0.391. The van der Waals surface area contributed by atoms with Crippen LogP contribution in [0.3, 0.4) is 0 Å². The average Bonchev–Trinajstić information content (AvgIpc) is 2.89. The molecule has 0 unspecified atom stereocenters. The zero-order valence-electron chi connectivity index (χ0n) is 19.1. The number of nitrogens with one attached hydrogen (secondary N) is 1. The quantitative estimate of drug-likeness (QED) is 0.550. The summed E-state index contributed by atoms with van der Waals surface area (Å²) >= 11 is 0. The molecular weight excluding hydrogens is 430 g/mol. The predicted molar refractivity (Wildman–Crippen MR) is 131 cm³/mol. The van der Waals surface area contributed by atoms with Gasteiger partial charge in [-0.2, -0.15) is 0 Å². The van der Waals surface area contributed by atoms with E-state index in [-0.39, 0.29) is 23.8 Å². The fourth-order valence-corrected chi connectivity index (χ4v) is 3.88. The van der Waals surface area contributed by atoms with E-state index in [1.54, 1.807) is 55.6 Å². The molecule has 174 valence electrons. The molecule has 1 N–H and O–H groups in total. The Kier molecular flexibility index (Phi) is 7.34. The number of hydrogen-bond acceptors (Lipinski definition) is 5. The molecule has 1 aliphatic rings. The average molecular weight is 458 g/mol. The van der Waals surface area contributed by atoms with Crippen LogP contribution in [0.2, 0.25) is 0 Å². The van der Waals surface area contributed by atoms with E-state index in [4.69, 9.17) is 4.74 Å². The molecule has 0 bridgehead atoms. The largest absolute Gasteiger partial charge is 0.378 e. The predicted octanol–water partition coefficient (Wildman–Crippen LogP) is 3.46. The van der Waals surface area contributed by atoms with Crippen molar-refractivity contribution in [2.45, 2.75) is 0 Å². The Bertz CT molecular complexity index is 1160. The highest BCUT2D eigenvalue weighted by Gasteiger charge is 2.22. The Hall–Kier alpha value is -3.97. The number of likely N-dealkylation sites (N-methyl/N-ethyl adjacent to an activating group) is 1. The maximum Gasteiger partial charge on any atom is 0.254 e. The number of ether oxygens (including phenoxy) is 1. The van der Waals surface area contributed by atoms with Gasteiger partial charge in [-0.25, -0.2) is 0 Å². The van der Waals surface area contributed by atoms with Crippen LogP contribution < -0.4 is 10.2 Å². The molecule has 0 aliphatic carbocycles. The van der Waals surface area contributed by atoms with E-state index in [0.717, 1.165) is 18.8 Å². The van der Waals surface area contributed by atoms with Gasteiger partial charge in [-0.15, -0.1) is 0 Å². The van der Waals surface area contributed by atoms with E-state index in [2.05, 4.69) is 10.2 Å². The van der Waals surface area contributed by atoms with Gasteiger partial charge in [0.15, 0.2) is 5.78 Å². The topological polar surface area (TPSA) is 79.0 Å². The van der Waals surface area contributed by atoms with E-state index in [1.807, 2.05) is 30.3 Å². The van der Waals surface area contributed by atoms with E-state index < -0.39 is 5.91 Å². The lowest BCUT2D eigenvalue weighted by Gasteiger charge is -2.28. The van der Waals surface area contributed by atoms with Gasteiger partial charge in [-0.05, 0) is 30.3 Å². The third kappa shape index (κ3) is 5.50. The Morgan fingerprint density at radius 3 is 2.15 bits per heavy atom. The van der Waals surface area contributed by atoms with Crippen LogP contribution in [-0.4, -0.2) is 62.4 Å². The molecule has 34 heavy (non-hydrogen) atoms. The minimum Gasteiger partial charge on any atom is -0.378 e. The number of benzene rings is 3. The smallest absolute Gasteiger partial charge is 0.254 e. The van der Waals surface area contributed by atoms with Crippen molar-refractivity contribution in [3.63, 3.8) is 0 Å². The van der Waals surface area contributed by atoms with Gasteiger partial charge in [-0.1, -0.05) is 48.5 Å². The highest BCUT2D eigenvalue weighted by molar-refractivity contribution is 6.15. The molecule has 0 aromatic heterocycles. The summed E-state index contributed by atoms with van der Waals surface area (Å²) in [4.78, 5) is 42.2. The number of ketones is 1. The van der Waals surface area contributed by atoms with E-state index >= 15 is 0 Å². The van der Waals surface area contributed by atoms with Gasteiger partial charge in [0, 0.05) is 42.6 Å².